The number of halogens is 3. The number of hydrogen-bond acceptors (Lipinski definition) is 0. The van der Waals surface area contributed by atoms with Gasteiger partial charge in [0, 0.05) is 6.42 Å². The highest BCUT2D eigenvalue weighted by molar-refractivity contribution is 4.63. The Morgan fingerprint density at radius 1 is 1.06 bits per heavy atom. The molecule has 0 heterocycles. The average molecular weight is 238 g/mol. The third-order valence-corrected chi connectivity index (χ3v) is 3.17. The van der Waals surface area contributed by atoms with Crippen LogP contribution in [0.15, 0.2) is 0 Å². The second kappa shape index (κ2) is 7.97. The van der Waals surface area contributed by atoms with Crippen molar-refractivity contribution in [2.24, 2.45) is 11.8 Å². The Bertz CT molecular complexity index is 163. The zero-order valence-corrected chi connectivity index (χ0v) is 10.7. The minimum absolute atomic E-state index is 0.285. The van der Waals surface area contributed by atoms with Crippen LogP contribution < -0.4 is 0 Å². The molecule has 2 atom stereocenters. The maximum absolute atomic E-state index is 12.0. The first-order chi connectivity index (χ1) is 7.39. The normalized spacial score (nSPS) is 16.1. The fourth-order valence-electron chi connectivity index (χ4n) is 2.23. The monoisotopic (exact) mass is 238 g/mol. The predicted molar refractivity (Wildman–Crippen MR) is 62.4 cm³/mol. The fraction of sp³-hybridized carbons (Fsp3) is 1.00. The van der Waals surface area contributed by atoms with Crippen LogP contribution in [0.4, 0.5) is 13.2 Å². The largest absolute Gasteiger partial charge is 0.389 e. The van der Waals surface area contributed by atoms with E-state index in [1.807, 2.05) is 0 Å². The Kier molecular flexibility index (Phi) is 7.86. The summed E-state index contributed by atoms with van der Waals surface area (Å²) in [5.41, 5.74) is 0. The molecular formula is C13H25F3. The topological polar surface area (TPSA) is 0 Å². The van der Waals surface area contributed by atoms with E-state index in [1.165, 1.54) is 12.8 Å². The van der Waals surface area contributed by atoms with Gasteiger partial charge in [-0.2, -0.15) is 13.2 Å². The quantitative estimate of drug-likeness (QED) is 0.518. The van der Waals surface area contributed by atoms with Gasteiger partial charge in [-0.15, -0.1) is 0 Å². The molecule has 3 heteroatoms. The molecule has 0 N–H and O–H groups in total. The lowest BCUT2D eigenvalue weighted by Crippen LogP contribution is -2.09. The molecule has 0 aromatic carbocycles. The van der Waals surface area contributed by atoms with Crippen LogP contribution in [0.2, 0.25) is 0 Å². The molecule has 0 saturated carbocycles. The molecule has 98 valence electrons. The number of rotatable bonds is 8. The summed E-state index contributed by atoms with van der Waals surface area (Å²) < 4.78 is 35.9. The van der Waals surface area contributed by atoms with Gasteiger partial charge in [0.25, 0.3) is 0 Å². The first kappa shape index (κ1) is 15.8. The van der Waals surface area contributed by atoms with Gasteiger partial charge in [0.2, 0.25) is 0 Å². The van der Waals surface area contributed by atoms with Crippen molar-refractivity contribution in [3.05, 3.63) is 0 Å². The van der Waals surface area contributed by atoms with E-state index in [2.05, 4.69) is 20.8 Å². The Labute approximate surface area is 97.6 Å². The van der Waals surface area contributed by atoms with Crippen LogP contribution in [-0.4, -0.2) is 6.18 Å². The van der Waals surface area contributed by atoms with Gasteiger partial charge in [0.15, 0.2) is 0 Å². The maximum atomic E-state index is 12.0. The lowest BCUT2D eigenvalue weighted by atomic mass is 9.88. The van der Waals surface area contributed by atoms with Gasteiger partial charge < -0.3 is 0 Å². The first-order valence-electron chi connectivity index (χ1n) is 6.45. The van der Waals surface area contributed by atoms with Gasteiger partial charge in [-0.25, -0.2) is 0 Å². The van der Waals surface area contributed by atoms with E-state index in [-0.39, 0.29) is 6.42 Å². The summed E-state index contributed by atoms with van der Waals surface area (Å²) in [4.78, 5) is 0. The molecule has 0 aliphatic heterocycles. The molecule has 0 nitrogen and oxygen atoms in total. The minimum atomic E-state index is -3.98. The summed E-state index contributed by atoms with van der Waals surface area (Å²) in [7, 11) is 0. The standard InChI is InChI=1S/C13H25F3/c1-4-7-12(5-2)10-11(3)8-6-9-13(14,15)16/h11-12H,4-10H2,1-3H3/t11?,12-/m0/s1. The summed E-state index contributed by atoms with van der Waals surface area (Å²) in [5.74, 6) is 1.13. The van der Waals surface area contributed by atoms with Crippen LogP contribution in [0.25, 0.3) is 0 Å². The van der Waals surface area contributed by atoms with Crippen molar-refractivity contribution in [2.45, 2.75) is 71.9 Å². The van der Waals surface area contributed by atoms with Crippen molar-refractivity contribution < 1.29 is 13.2 Å². The van der Waals surface area contributed by atoms with Gasteiger partial charge in [-0.05, 0) is 24.7 Å². The molecule has 1 unspecified atom stereocenters. The minimum Gasteiger partial charge on any atom is -0.171 e. The Hall–Kier alpha value is -0.210. The molecule has 0 bridgehead atoms. The van der Waals surface area contributed by atoms with Crippen molar-refractivity contribution in [1.82, 2.24) is 0 Å². The smallest absolute Gasteiger partial charge is 0.171 e. The molecule has 0 aromatic rings. The van der Waals surface area contributed by atoms with Gasteiger partial charge in [0.05, 0.1) is 0 Å². The van der Waals surface area contributed by atoms with Crippen LogP contribution >= 0.6 is 0 Å². The van der Waals surface area contributed by atoms with Crippen LogP contribution in [0.1, 0.15) is 65.7 Å². The van der Waals surface area contributed by atoms with Gasteiger partial charge in [0.1, 0.15) is 0 Å². The van der Waals surface area contributed by atoms with E-state index in [4.69, 9.17) is 0 Å². The summed E-state index contributed by atoms with van der Waals surface area (Å²) in [6, 6.07) is 0. The molecule has 0 aliphatic carbocycles. The van der Waals surface area contributed by atoms with Crippen LogP contribution in [0.3, 0.4) is 0 Å². The van der Waals surface area contributed by atoms with Gasteiger partial charge >= 0.3 is 6.18 Å². The molecule has 0 saturated heterocycles. The van der Waals surface area contributed by atoms with Crippen LogP contribution in [0, 0.1) is 11.8 Å². The van der Waals surface area contributed by atoms with Crippen molar-refractivity contribution in [1.29, 1.82) is 0 Å². The zero-order chi connectivity index (χ0) is 12.6. The molecule has 0 rings (SSSR count). The summed E-state index contributed by atoms with van der Waals surface area (Å²) in [6.45, 7) is 6.41. The summed E-state index contributed by atoms with van der Waals surface area (Å²) >= 11 is 0. The lowest BCUT2D eigenvalue weighted by Gasteiger charge is -2.19. The molecule has 0 amide bonds. The second-order valence-corrected chi connectivity index (χ2v) is 4.91. The third kappa shape index (κ3) is 9.05. The molecule has 0 radical (unpaired) electrons. The summed E-state index contributed by atoms with van der Waals surface area (Å²) in [6.07, 6.45) is 1.01. The van der Waals surface area contributed by atoms with E-state index >= 15 is 0 Å². The zero-order valence-electron chi connectivity index (χ0n) is 10.7. The highest BCUT2D eigenvalue weighted by Gasteiger charge is 2.26. The number of hydrogen-bond donors (Lipinski definition) is 0. The third-order valence-electron chi connectivity index (χ3n) is 3.17. The van der Waals surface area contributed by atoms with E-state index in [0.29, 0.717) is 18.3 Å². The molecule has 0 aromatic heterocycles. The van der Waals surface area contributed by atoms with Gasteiger partial charge in [-0.1, -0.05) is 46.5 Å². The van der Waals surface area contributed by atoms with Crippen LogP contribution in [-0.2, 0) is 0 Å². The van der Waals surface area contributed by atoms with Crippen molar-refractivity contribution >= 4 is 0 Å². The second-order valence-electron chi connectivity index (χ2n) is 4.91. The van der Waals surface area contributed by atoms with E-state index in [0.717, 1.165) is 12.8 Å². The molecule has 16 heavy (non-hydrogen) atoms. The number of alkyl halides is 3. The average Bonchev–Trinajstić information content (AvgIpc) is 2.15. The van der Waals surface area contributed by atoms with Crippen LogP contribution in [0.5, 0.6) is 0 Å². The fourth-order valence-corrected chi connectivity index (χ4v) is 2.23. The first-order valence-corrected chi connectivity index (χ1v) is 6.45. The van der Waals surface area contributed by atoms with Gasteiger partial charge in [-0.3, -0.25) is 0 Å². The lowest BCUT2D eigenvalue weighted by molar-refractivity contribution is -0.136. The Morgan fingerprint density at radius 2 is 1.69 bits per heavy atom. The van der Waals surface area contributed by atoms with E-state index in [9.17, 15) is 13.2 Å². The predicted octanol–water partition coefficient (Wildman–Crippen LogP) is 5.57. The Morgan fingerprint density at radius 3 is 2.12 bits per heavy atom. The summed E-state index contributed by atoms with van der Waals surface area (Å²) in [5, 5.41) is 0. The molecule has 0 aliphatic rings. The highest BCUT2D eigenvalue weighted by Crippen LogP contribution is 2.27. The highest BCUT2D eigenvalue weighted by atomic mass is 19.4. The van der Waals surface area contributed by atoms with E-state index < -0.39 is 12.6 Å². The Balaban J connectivity index is 3.67. The molecular weight excluding hydrogens is 213 g/mol. The van der Waals surface area contributed by atoms with Crippen molar-refractivity contribution in [3.8, 4) is 0 Å². The van der Waals surface area contributed by atoms with E-state index in [1.54, 1.807) is 0 Å². The van der Waals surface area contributed by atoms with Crippen molar-refractivity contribution in [2.75, 3.05) is 0 Å². The maximum Gasteiger partial charge on any atom is 0.389 e. The van der Waals surface area contributed by atoms with Crippen molar-refractivity contribution in [3.63, 3.8) is 0 Å². The molecule has 0 spiro atoms. The molecule has 0 fully saturated rings. The SMILES string of the molecule is CCC[C@H](CC)CC(C)CCCC(F)(F)F.